The van der Waals surface area contributed by atoms with Crippen molar-refractivity contribution < 1.29 is 4.79 Å². The normalized spacial score (nSPS) is 22.6. The van der Waals surface area contributed by atoms with Gasteiger partial charge in [0.25, 0.3) is 0 Å². The molecule has 1 aromatic rings. The Kier molecular flexibility index (Phi) is 5.39. The maximum absolute atomic E-state index is 12.0. The van der Waals surface area contributed by atoms with Gasteiger partial charge in [0.05, 0.1) is 6.33 Å². The molecule has 1 saturated carbocycles. The van der Waals surface area contributed by atoms with Gasteiger partial charge < -0.3 is 15.6 Å². The van der Waals surface area contributed by atoms with Crippen LogP contribution in [0.1, 0.15) is 32.1 Å². The fraction of sp³-hybridized carbons (Fsp3) is 0.714. The van der Waals surface area contributed by atoms with Crippen LogP contribution in [0.15, 0.2) is 18.7 Å². The molecule has 0 radical (unpaired) electrons. The number of nitrogens with one attached hydrogen (secondary N) is 1. The zero-order chi connectivity index (χ0) is 13.5. The maximum atomic E-state index is 12.0. The summed E-state index contributed by atoms with van der Waals surface area (Å²) in [5.74, 6) is 0.750. The number of aromatic nitrogens is 2. The van der Waals surface area contributed by atoms with E-state index in [9.17, 15) is 4.79 Å². The van der Waals surface area contributed by atoms with E-state index in [-0.39, 0.29) is 11.8 Å². The van der Waals surface area contributed by atoms with Crippen molar-refractivity contribution in [2.75, 3.05) is 13.1 Å². The molecule has 106 valence electrons. The molecule has 0 aliphatic heterocycles. The van der Waals surface area contributed by atoms with E-state index in [4.69, 9.17) is 5.73 Å². The molecule has 3 N–H and O–H groups in total. The Morgan fingerprint density at radius 3 is 3.05 bits per heavy atom. The number of hydrogen-bond donors (Lipinski definition) is 2. The first-order valence-electron chi connectivity index (χ1n) is 7.25. The Hall–Kier alpha value is -1.36. The predicted octanol–water partition coefficient (Wildman–Crippen LogP) is 1.15. The highest BCUT2D eigenvalue weighted by Crippen LogP contribution is 2.30. The Morgan fingerprint density at radius 2 is 2.32 bits per heavy atom. The summed E-state index contributed by atoms with van der Waals surface area (Å²) >= 11 is 0. The molecular weight excluding hydrogens is 240 g/mol. The quantitative estimate of drug-likeness (QED) is 0.726. The Balaban J connectivity index is 1.59. The van der Waals surface area contributed by atoms with Gasteiger partial charge in [0.1, 0.15) is 0 Å². The van der Waals surface area contributed by atoms with Gasteiger partial charge in [0.15, 0.2) is 0 Å². The van der Waals surface area contributed by atoms with Crippen LogP contribution in [0.3, 0.4) is 0 Å². The molecule has 2 rings (SSSR count). The lowest BCUT2D eigenvalue weighted by molar-refractivity contribution is -0.125. The van der Waals surface area contributed by atoms with E-state index in [0.29, 0.717) is 12.5 Å². The van der Waals surface area contributed by atoms with Crippen LogP contribution in [0.5, 0.6) is 0 Å². The number of amides is 1. The molecule has 1 heterocycles. The molecular formula is C14H24N4O. The highest BCUT2D eigenvalue weighted by Gasteiger charge is 2.31. The van der Waals surface area contributed by atoms with Crippen LogP contribution in [0.4, 0.5) is 0 Å². The molecule has 0 aromatic carbocycles. The lowest BCUT2D eigenvalue weighted by Gasteiger charge is -2.17. The van der Waals surface area contributed by atoms with Crippen molar-refractivity contribution in [1.82, 2.24) is 14.9 Å². The van der Waals surface area contributed by atoms with Gasteiger partial charge in [0, 0.05) is 31.4 Å². The van der Waals surface area contributed by atoms with E-state index in [1.807, 2.05) is 12.5 Å². The molecule has 5 nitrogen and oxygen atoms in total. The van der Waals surface area contributed by atoms with Gasteiger partial charge in [-0.2, -0.15) is 0 Å². The van der Waals surface area contributed by atoms with Crippen molar-refractivity contribution in [2.45, 2.75) is 38.6 Å². The third-order valence-corrected chi connectivity index (χ3v) is 4.00. The van der Waals surface area contributed by atoms with Crippen LogP contribution in [0.2, 0.25) is 0 Å². The first kappa shape index (κ1) is 14.1. The highest BCUT2D eigenvalue weighted by atomic mass is 16.1. The Bertz CT molecular complexity index is 377. The topological polar surface area (TPSA) is 72.9 Å². The summed E-state index contributed by atoms with van der Waals surface area (Å²) in [6.07, 6.45) is 10.9. The number of aryl methyl sites for hydroxylation is 1. The van der Waals surface area contributed by atoms with Crippen LogP contribution in [-0.4, -0.2) is 28.5 Å². The predicted molar refractivity (Wildman–Crippen MR) is 74.4 cm³/mol. The van der Waals surface area contributed by atoms with Crippen LogP contribution in [0.25, 0.3) is 0 Å². The summed E-state index contributed by atoms with van der Waals surface area (Å²) in [7, 11) is 0. The summed E-state index contributed by atoms with van der Waals surface area (Å²) in [6.45, 7) is 2.37. The number of hydrogen-bond acceptors (Lipinski definition) is 3. The second-order valence-electron chi connectivity index (χ2n) is 5.33. The third-order valence-electron chi connectivity index (χ3n) is 4.00. The van der Waals surface area contributed by atoms with Gasteiger partial charge in [-0.25, -0.2) is 4.98 Å². The van der Waals surface area contributed by atoms with Gasteiger partial charge in [-0.05, 0) is 38.1 Å². The molecule has 1 aliphatic rings. The fourth-order valence-electron chi connectivity index (χ4n) is 2.85. The molecule has 1 amide bonds. The van der Waals surface area contributed by atoms with Gasteiger partial charge in [-0.3, -0.25) is 4.79 Å². The van der Waals surface area contributed by atoms with Crippen molar-refractivity contribution in [3.8, 4) is 0 Å². The number of carbonyl (C=O) groups excluding carboxylic acids is 1. The lowest BCUT2D eigenvalue weighted by atomic mass is 9.95. The van der Waals surface area contributed by atoms with Crippen molar-refractivity contribution in [3.05, 3.63) is 18.7 Å². The number of carbonyl (C=O) groups is 1. The first-order chi connectivity index (χ1) is 9.31. The smallest absolute Gasteiger partial charge is 0.223 e. The van der Waals surface area contributed by atoms with E-state index >= 15 is 0 Å². The third kappa shape index (κ3) is 4.06. The number of nitrogens with zero attached hydrogens (tertiary/aromatic N) is 2. The molecule has 1 aliphatic carbocycles. The lowest BCUT2D eigenvalue weighted by Crippen LogP contribution is -2.35. The number of rotatable bonds is 7. The summed E-state index contributed by atoms with van der Waals surface area (Å²) in [4.78, 5) is 16.0. The maximum Gasteiger partial charge on any atom is 0.223 e. The molecule has 0 bridgehead atoms. The van der Waals surface area contributed by atoms with Crippen molar-refractivity contribution in [1.29, 1.82) is 0 Å². The van der Waals surface area contributed by atoms with E-state index in [0.717, 1.165) is 45.2 Å². The van der Waals surface area contributed by atoms with Crippen molar-refractivity contribution >= 4 is 5.91 Å². The van der Waals surface area contributed by atoms with Crippen LogP contribution >= 0.6 is 0 Å². The summed E-state index contributed by atoms with van der Waals surface area (Å²) in [5, 5.41) is 3.05. The van der Waals surface area contributed by atoms with E-state index in [2.05, 4.69) is 14.9 Å². The molecule has 2 unspecified atom stereocenters. The van der Waals surface area contributed by atoms with E-state index in [1.165, 1.54) is 0 Å². The second-order valence-corrected chi connectivity index (χ2v) is 5.33. The molecule has 0 spiro atoms. The largest absolute Gasteiger partial charge is 0.356 e. The van der Waals surface area contributed by atoms with Crippen LogP contribution in [-0.2, 0) is 11.3 Å². The minimum atomic E-state index is 0.152. The van der Waals surface area contributed by atoms with E-state index < -0.39 is 0 Å². The molecule has 0 saturated heterocycles. The molecule has 19 heavy (non-hydrogen) atoms. The average Bonchev–Trinajstić information content (AvgIpc) is 3.08. The molecule has 1 fully saturated rings. The number of imidazole rings is 1. The number of nitrogens with two attached hydrogens (primary N) is 1. The van der Waals surface area contributed by atoms with Gasteiger partial charge in [-0.1, -0.05) is 6.42 Å². The Labute approximate surface area is 114 Å². The van der Waals surface area contributed by atoms with Gasteiger partial charge in [0.2, 0.25) is 5.91 Å². The first-order valence-corrected chi connectivity index (χ1v) is 7.25. The second kappa shape index (κ2) is 7.28. The number of unbranched alkanes of at least 4 members (excludes halogenated alkanes) is 1. The van der Waals surface area contributed by atoms with Gasteiger partial charge >= 0.3 is 0 Å². The standard InChI is InChI=1S/C14H24N4O/c15-10-12-4-3-5-13(12)14(19)17-6-1-2-8-18-9-7-16-11-18/h7,9,11-13H,1-6,8,10,15H2,(H,17,19). The van der Waals surface area contributed by atoms with Crippen LogP contribution in [0, 0.1) is 11.8 Å². The Morgan fingerprint density at radius 1 is 1.42 bits per heavy atom. The zero-order valence-corrected chi connectivity index (χ0v) is 11.4. The van der Waals surface area contributed by atoms with Crippen molar-refractivity contribution in [3.63, 3.8) is 0 Å². The highest BCUT2D eigenvalue weighted by molar-refractivity contribution is 5.79. The fourth-order valence-corrected chi connectivity index (χ4v) is 2.85. The van der Waals surface area contributed by atoms with Gasteiger partial charge in [-0.15, -0.1) is 0 Å². The monoisotopic (exact) mass is 264 g/mol. The molecule has 2 atom stereocenters. The summed E-state index contributed by atoms with van der Waals surface area (Å²) in [6, 6.07) is 0. The minimum absolute atomic E-state index is 0.152. The molecule has 5 heteroatoms. The average molecular weight is 264 g/mol. The SMILES string of the molecule is NCC1CCCC1C(=O)NCCCCn1ccnc1. The minimum Gasteiger partial charge on any atom is -0.356 e. The summed E-state index contributed by atoms with van der Waals surface area (Å²) in [5.41, 5.74) is 5.70. The van der Waals surface area contributed by atoms with Crippen LogP contribution < -0.4 is 11.1 Å². The summed E-state index contributed by atoms with van der Waals surface area (Å²) < 4.78 is 2.06. The van der Waals surface area contributed by atoms with E-state index in [1.54, 1.807) is 6.20 Å². The zero-order valence-electron chi connectivity index (χ0n) is 11.4. The van der Waals surface area contributed by atoms with Crippen molar-refractivity contribution in [2.24, 2.45) is 17.6 Å². The molecule has 1 aromatic heterocycles.